The first-order chi connectivity index (χ1) is 14.6. The lowest BCUT2D eigenvalue weighted by molar-refractivity contribution is -0.132. The van der Waals surface area contributed by atoms with Crippen molar-refractivity contribution in [2.45, 2.75) is 18.0 Å². The van der Waals surface area contributed by atoms with E-state index in [-0.39, 0.29) is 23.5 Å². The monoisotopic (exact) mass is 421 g/mol. The molecule has 1 aliphatic heterocycles. The van der Waals surface area contributed by atoms with Gasteiger partial charge in [-0.05, 0) is 37.1 Å². The Balaban J connectivity index is 1.50. The van der Waals surface area contributed by atoms with Gasteiger partial charge in [0.25, 0.3) is 0 Å². The molecule has 0 radical (unpaired) electrons. The quantitative estimate of drug-likeness (QED) is 0.468. The van der Waals surface area contributed by atoms with E-state index in [1.54, 1.807) is 4.90 Å². The smallest absolute Gasteiger partial charge is 0.233 e. The van der Waals surface area contributed by atoms with E-state index in [4.69, 9.17) is 5.73 Å². The molecule has 0 saturated carbocycles. The van der Waals surface area contributed by atoms with Gasteiger partial charge < -0.3 is 16.0 Å². The third kappa shape index (κ3) is 4.71. The maximum Gasteiger partial charge on any atom is 0.233 e. The van der Waals surface area contributed by atoms with Gasteiger partial charge in [0.1, 0.15) is 5.82 Å². The molecule has 1 aromatic heterocycles. The van der Waals surface area contributed by atoms with E-state index in [0.29, 0.717) is 24.1 Å². The molecule has 0 unspecified atom stereocenters. The van der Waals surface area contributed by atoms with Gasteiger partial charge in [-0.2, -0.15) is 0 Å². The Labute approximate surface area is 179 Å². The molecule has 0 spiro atoms. The zero-order chi connectivity index (χ0) is 20.9. The summed E-state index contributed by atoms with van der Waals surface area (Å²) < 4.78 is 0. The zero-order valence-corrected chi connectivity index (χ0v) is 17.3. The number of nitrogens with one attached hydrogen (secondary N) is 1. The summed E-state index contributed by atoms with van der Waals surface area (Å²) in [5, 5.41) is 4.79. The van der Waals surface area contributed by atoms with Crippen LogP contribution in [0.2, 0.25) is 0 Å². The molecule has 0 bridgehead atoms. The fourth-order valence-corrected chi connectivity index (χ4v) is 4.28. The van der Waals surface area contributed by atoms with Crippen molar-refractivity contribution in [3.8, 4) is 0 Å². The highest BCUT2D eigenvalue weighted by Gasteiger charge is 2.27. The number of nitrogens with two attached hydrogens (primary N) is 1. The summed E-state index contributed by atoms with van der Waals surface area (Å²) in [6.07, 6.45) is 1.54. The maximum atomic E-state index is 12.7. The van der Waals surface area contributed by atoms with Gasteiger partial charge in [-0.3, -0.25) is 9.59 Å². The average molecular weight is 422 g/mol. The van der Waals surface area contributed by atoms with Crippen LogP contribution in [0.25, 0.3) is 10.9 Å². The molecule has 7 nitrogen and oxygen atoms in total. The molecular formula is C22H23N5O2S. The van der Waals surface area contributed by atoms with Crippen LogP contribution in [0.3, 0.4) is 0 Å². The van der Waals surface area contributed by atoms with Crippen LogP contribution in [0, 0.1) is 5.92 Å². The number of fused-ring (bicyclic) bond motifs is 1. The van der Waals surface area contributed by atoms with Crippen molar-refractivity contribution < 1.29 is 9.59 Å². The predicted molar refractivity (Wildman–Crippen MR) is 118 cm³/mol. The Hall–Kier alpha value is -3.13. The summed E-state index contributed by atoms with van der Waals surface area (Å²) in [6.45, 7) is 1.05. The van der Waals surface area contributed by atoms with Gasteiger partial charge in [-0.15, -0.1) is 0 Å². The molecule has 2 heterocycles. The van der Waals surface area contributed by atoms with E-state index in [2.05, 4.69) is 15.3 Å². The number of para-hydroxylation sites is 2. The van der Waals surface area contributed by atoms with E-state index >= 15 is 0 Å². The summed E-state index contributed by atoms with van der Waals surface area (Å²) in [4.78, 5) is 35.1. The number of piperidine rings is 1. The predicted octanol–water partition coefficient (Wildman–Crippen LogP) is 3.19. The maximum absolute atomic E-state index is 12.7. The summed E-state index contributed by atoms with van der Waals surface area (Å²) in [5.74, 6) is 0.295. The molecule has 2 amide bonds. The van der Waals surface area contributed by atoms with Gasteiger partial charge in [0.05, 0.1) is 17.2 Å². The molecule has 1 fully saturated rings. The van der Waals surface area contributed by atoms with Crippen LogP contribution < -0.4 is 11.1 Å². The van der Waals surface area contributed by atoms with E-state index < -0.39 is 0 Å². The van der Waals surface area contributed by atoms with E-state index in [1.807, 2.05) is 54.6 Å². The van der Waals surface area contributed by atoms with Crippen LogP contribution >= 0.6 is 11.8 Å². The average Bonchev–Trinajstić information content (AvgIpc) is 2.78. The van der Waals surface area contributed by atoms with Gasteiger partial charge in [0, 0.05) is 24.2 Å². The molecule has 1 atom stereocenters. The topological polar surface area (TPSA) is 101 Å². The summed E-state index contributed by atoms with van der Waals surface area (Å²) in [6, 6.07) is 17.6. The Kier molecular flexibility index (Phi) is 6.13. The third-order valence-corrected chi connectivity index (χ3v) is 5.95. The lowest BCUT2D eigenvalue weighted by atomic mass is 9.97. The molecule has 3 aromatic rings. The lowest BCUT2D eigenvalue weighted by Gasteiger charge is -2.31. The van der Waals surface area contributed by atoms with Crippen molar-refractivity contribution in [1.29, 1.82) is 0 Å². The summed E-state index contributed by atoms with van der Waals surface area (Å²) >= 11 is 1.30. The second-order valence-corrected chi connectivity index (χ2v) is 8.18. The van der Waals surface area contributed by atoms with Crippen molar-refractivity contribution in [2.75, 3.05) is 24.2 Å². The molecule has 1 aliphatic rings. The Morgan fingerprint density at radius 2 is 1.87 bits per heavy atom. The zero-order valence-electron chi connectivity index (χ0n) is 16.5. The normalized spacial score (nSPS) is 16.4. The van der Waals surface area contributed by atoms with Crippen LogP contribution in [-0.2, 0) is 9.59 Å². The van der Waals surface area contributed by atoms with Gasteiger partial charge in [-0.25, -0.2) is 9.97 Å². The fraction of sp³-hybridized carbons (Fsp3) is 0.273. The Bertz CT molecular complexity index is 1060. The highest BCUT2D eigenvalue weighted by atomic mass is 32.2. The van der Waals surface area contributed by atoms with Crippen LogP contribution in [-0.4, -0.2) is 45.5 Å². The molecular weight excluding hydrogens is 398 g/mol. The number of carbonyl (C=O) groups is 2. The number of amides is 2. The number of likely N-dealkylation sites (tertiary alicyclic amines) is 1. The first kappa shape index (κ1) is 20.2. The number of nitrogens with zero attached hydrogens (tertiary/aromatic N) is 3. The van der Waals surface area contributed by atoms with Crippen LogP contribution in [0.1, 0.15) is 12.8 Å². The number of anilines is 2. The molecule has 3 N–H and O–H groups in total. The van der Waals surface area contributed by atoms with Crippen molar-refractivity contribution in [1.82, 2.24) is 14.9 Å². The molecule has 154 valence electrons. The summed E-state index contributed by atoms with van der Waals surface area (Å²) in [5.41, 5.74) is 7.16. The second kappa shape index (κ2) is 9.13. The summed E-state index contributed by atoms with van der Waals surface area (Å²) in [7, 11) is 0. The number of primary amides is 1. The highest BCUT2D eigenvalue weighted by Crippen LogP contribution is 2.27. The first-order valence-corrected chi connectivity index (χ1v) is 10.9. The minimum Gasteiger partial charge on any atom is -0.369 e. The molecule has 30 heavy (non-hydrogen) atoms. The van der Waals surface area contributed by atoms with E-state index in [1.165, 1.54) is 11.8 Å². The number of hydrogen-bond acceptors (Lipinski definition) is 6. The van der Waals surface area contributed by atoms with Crippen LogP contribution in [0.5, 0.6) is 0 Å². The number of aromatic nitrogens is 2. The number of rotatable bonds is 6. The standard InChI is InChI=1S/C22H23N5O2S/c23-20(29)15-7-6-12-27(13-15)19(28)14-30-22-25-18-11-5-4-10-17(18)21(26-22)24-16-8-2-1-3-9-16/h1-5,8-11,15H,6-7,12-14H2,(H2,23,29)(H,24,25,26)/t15-/m1/s1. The van der Waals surface area contributed by atoms with Gasteiger partial charge in [0.15, 0.2) is 5.16 Å². The van der Waals surface area contributed by atoms with Gasteiger partial charge in [-0.1, -0.05) is 42.1 Å². The largest absolute Gasteiger partial charge is 0.369 e. The van der Waals surface area contributed by atoms with Crippen molar-refractivity contribution in [3.05, 3.63) is 54.6 Å². The van der Waals surface area contributed by atoms with Gasteiger partial charge in [0.2, 0.25) is 11.8 Å². The minimum atomic E-state index is -0.338. The van der Waals surface area contributed by atoms with Crippen molar-refractivity contribution in [2.24, 2.45) is 11.7 Å². The number of hydrogen-bond donors (Lipinski definition) is 2. The minimum absolute atomic E-state index is 0.0275. The van der Waals surface area contributed by atoms with E-state index in [0.717, 1.165) is 29.4 Å². The van der Waals surface area contributed by atoms with Crippen molar-refractivity contribution >= 4 is 46.0 Å². The molecule has 0 aliphatic carbocycles. The highest BCUT2D eigenvalue weighted by molar-refractivity contribution is 7.99. The Morgan fingerprint density at radius 3 is 2.67 bits per heavy atom. The molecule has 8 heteroatoms. The third-order valence-electron chi connectivity index (χ3n) is 5.12. The second-order valence-electron chi connectivity index (χ2n) is 7.23. The first-order valence-electron chi connectivity index (χ1n) is 9.89. The molecule has 1 saturated heterocycles. The Morgan fingerprint density at radius 1 is 1.10 bits per heavy atom. The van der Waals surface area contributed by atoms with Crippen LogP contribution in [0.4, 0.5) is 11.5 Å². The number of benzene rings is 2. The molecule has 2 aromatic carbocycles. The fourth-order valence-electron chi connectivity index (χ4n) is 3.53. The SMILES string of the molecule is NC(=O)[C@@H]1CCCN(C(=O)CSc2nc(Nc3ccccc3)c3ccccc3n2)C1. The molecule has 4 rings (SSSR count). The number of thioether (sulfide) groups is 1. The van der Waals surface area contributed by atoms with Gasteiger partial charge >= 0.3 is 0 Å². The van der Waals surface area contributed by atoms with Crippen molar-refractivity contribution in [3.63, 3.8) is 0 Å². The lowest BCUT2D eigenvalue weighted by Crippen LogP contribution is -2.44. The number of carbonyl (C=O) groups excluding carboxylic acids is 2. The van der Waals surface area contributed by atoms with Crippen LogP contribution in [0.15, 0.2) is 59.8 Å². The van der Waals surface area contributed by atoms with E-state index in [9.17, 15) is 9.59 Å².